The molecule has 8 heteroatoms. The van der Waals surface area contributed by atoms with Crippen molar-refractivity contribution in [2.45, 2.75) is 13.0 Å². The number of furan rings is 1. The van der Waals surface area contributed by atoms with Crippen molar-refractivity contribution in [2.75, 3.05) is 59.5 Å². The first kappa shape index (κ1) is 18.7. The number of hydrogen-bond donors (Lipinski definition) is 1. The Bertz CT molecular complexity index is 584. The number of nitrogens with zero attached hydrogens (tertiary/aromatic N) is 3. The average molecular weight is 364 g/mol. The van der Waals surface area contributed by atoms with Gasteiger partial charge in [-0.2, -0.15) is 0 Å². The normalized spacial score (nSPS) is 21.4. The van der Waals surface area contributed by atoms with Crippen LogP contribution in [0.3, 0.4) is 0 Å². The van der Waals surface area contributed by atoms with Gasteiger partial charge in [0.1, 0.15) is 5.76 Å². The molecular weight excluding hydrogens is 336 g/mol. The third-order valence-corrected chi connectivity index (χ3v) is 5.02. The molecule has 0 radical (unpaired) electrons. The highest BCUT2D eigenvalue weighted by atomic mass is 16.5. The van der Waals surface area contributed by atoms with Crippen LogP contribution in [0.4, 0.5) is 4.79 Å². The maximum atomic E-state index is 12.4. The molecule has 3 rings (SSSR count). The SMILES string of the molecule is COCCN1C[C@H](CNC(=O)N2CCN(Cc3ccco3)CC2)CC1=O. The van der Waals surface area contributed by atoms with E-state index < -0.39 is 0 Å². The Morgan fingerprint density at radius 1 is 1.35 bits per heavy atom. The fraction of sp³-hybridized carbons (Fsp3) is 0.667. The molecule has 26 heavy (non-hydrogen) atoms. The van der Waals surface area contributed by atoms with Crippen LogP contribution >= 0.6 is 0 Å². The van der Waals surface area contributed by atoms with Gasteiger partial charge in [0.25, 0.3) is 0 Å². The maximum Gasteiger partial charge on any atom is 0.317 e. The van der Waals surface area contributed by atoms with Gasteiger partial charge in [0.2, 0.25) is 5.91 Å². The van der Waals surface area contributed by atoms with Gasteiger partial charge in [-0.1, -0.05) is 0 Å². The van der Waals surface area contributed by atoms with Crippen LogP contribution in [0.15, 0.2) is 22.8 Å². The summed E-state index contributed by atoms with van der Waals surface area (Å²) in [6, 6.07) is 3.83. The van der Waals surface area contributed by atoms with E-state index in [4.69, 9.17) is 9.15 Å². The molecule has 3 heterocycles. The highest BCUT2D eigenvalue weighted by Gasteiger charge is 2.30. The zero-order chi connectivity index (χ0) is 18.4. The Morgan fingerprint density at radius 3 is 2.85 bits per heavy atom. The van der Waals surface area contributed by atoms with E-state index in [-0.39, 0.29) is 17.9 Å². The lowest BCUT2D eigenvalue weighted by atomic mass is 10.1. The second kappa shape index (κ2) is 9.05. The first-order valence-electron chi connectivity index (χ1n) is 9.20. The van der Waals surface area contributed by atoms with E-state index in [0.717, 1.165) is 25.4 Å². The lowest BCUT2D eigenvalue weighted by Gasteiger charge is -2.34. The van der Waals surface area contributed by atoms with E-state index in [9.17, 15) is 9.59 Å². The number of carbonyl (C=O) groups is 2. The van der Waals surface area contributed by atoms with E-state index in [1.807, 2.05) is 21.9 Å². The van der Waals surface area contributed by atoms with Gasteiger partial charge in [-0.25, -0.2) is 4.79 Å². The summed E-state index contributed by atoms with van der Waals surface area (Å²) in [5, 5.41) is 2.99. The fourth-order valence-corrected chi connectivity index (χ4v) is 3.48. The number of rotatable bonds is 7. The summed E-state index contributed by atoms with van der Waals surface area (Å²) >= 11 is 0. The summed E-state index contributed by atoms with van der Waals surface area (Å²) < 4.78 is 10.4. The molecule has 1 aromatic heterocycles. The van der Waals surface area contributed by atoms with Crippen molar-refractivity contribution in [1.82, 2.24) is 20.0 Å². The average Bonchev–Trinajstić information content (AvgIpc) is 3.28. The molecule has 0 spiro atoms. The second-order valence-electron chi connectivity index (χ2n) is 6.93. The Morgan fingerprint density at radius 2 is 2.15 bits per heavy atom. The molecule has 1 aromatic rings. The van der Waals surface area contributed by atoms with E-state index in [1.54, 1.807) is 13.4 Å². The van der Waals surface area contributed by atoms with Crippen molar-refractivity contribution >= 4 is 11.9 Å². The minimum absolute atomic E-state index is 0.0366. The van der Waals surface area contributed by atoms with Gasteiger partial charge in [0, 0.05) is 65.3 Å². The van der Waals surface area contributed by atoms with E-state index >= 15 is 0 Å². The molecule has 2 aliphatic rings. The number of urea groups is 1. The Kier molecular flexibility index (Phi) is 6.51. The van der Waals surface area contributed by atoms with Crippen LogP contribution in [0, 0.1) is 5.92 Å². The van der Waals surface area contributed by atoms with Gasteiger partial charge in [0.05, 0.1) is 19.4 Å². The molecule has 8 nitrogen and oxygen atoms in total. The summed E-state index contributed by atoms with van der Waals surface area (Å²) in [4.78, 5) is 30.3. The van der Waals surface area contributed by atoms with Gasteiger partial charge in [-0.05, 0) is 12.1 Å². The largest absolute Gasteiger partial charge is 0.468 e. The van der Waals surface area contributed by atoms with Crippen LogP contribution in [-0.4, -0.2) is 86.2 Å². The molecule has 2 aliphatic heterocycles. The fourth-order valence-electron chi connectivity index (χ4n) is 3.48. The van der Waals surface area contributed by atoms with Crippen LogP contribution < -0.4 is 5.32 Å². The summed E-state index contributed by atoms with van der Waals surface area (Å²) in [5.41, 5.74) is 0. The maximum absolute atomic E-state index is 12.4. The number of amides is 3. The van der Waals surface area contributed by atoms with Crippen molar-refractivity contribution in [2.24, 2.45) is 5.92 Å². The third-order valence-electron chi connectivity index (χ3n) is 5.02. The Balaban J connectivity index is 1.35. The van der Waals surface area contributed by atoms with Crippen molar-refractivity contribution in [3.05, 3.63) is 24.2 Å². The van der Waals surface area contributed by atoms with Crippen LogP contribution in [0.25, 0.3) is 0 Å². The Labute approximate surface area is 154 Å². The monoisotopic (exact) mass is 364 g/mol. The molecule has 2 fully saturated rings. The number of nitrogens with one attached hydrogen (secondary N) is 1. The molecule has 1 atom stereocenters. The van der Waals surface area contributed by atoms with Crippen LogP contribution in [0.1, 0.15) is 12.2 Å². The molecule has 0 unspecified atom stereocenters. The van der Waals surface area contributed by atoms with Gasteiger partial charge >= 0.3 is 6.03 Å². The molecule has 0 aliphatic carbocycles. The molecule has 0 bridgehead atoms. The summed E-state index contributed by atoms with van der Waals surface area (Å²) in [7, 11) is 1.63. The predicted octanol–water partition coefficient (Wildman–Crippen LogP) is 0.602. The van der Waals surface area contributed by atoms with Crippen LogP contribution in [0.2, 0.25) is 0 Å². The lowest BCUT2D eigenvalue weighted by molar-refractivity contribution is -0.128. The van der Waals surface area contributed by atoms with Gasteiger partial charge < -0.3 is 24.3 Å². The van der Waals surface area contributed by atoms with Crippen LogP contribution in [-0.2, 0) is 16.1 Å². The molecule has 3 amide bonds. The minimum atomic E-state index is -0.0366. The number of methoxy groups -OCH3 is 1. The van der Waals surface area contributed by atoms with Crippen LogP contribution in [0.5, 0.6) is 0 Å². The van der Waals surface area contributed by atoms with E-state index in [1.165, 1.54) is 0 Å². The van der Waals surface area contributed by atoms with Crippen molar-refractivity contribution in [3.63, 3.8) is 0 Å². The van der Waals surface area contributed by atoms with Gasteiger partial charge in [0.15, 0.2) is 0 Å². The minimum Gasteiger partial charge on any atom is -0.468 e. The highest BCUT2D eigenvalue weighted by Crippen LogP contribution is 2.17. The number of hydrogen-bond acceptors (Lipinski definition) is 5. The number of likely N-dealkylation sites (tertiary alicyclic amines) is 1. The first-order chi connectivity index (χ1) is 12.7. The van der Waals surface area contributed by atoms with Gasteiger partial charge in [-0.15, -0.1) is 0 Å². The van der Waals surface area contributed by atoms with Crippen molar-refractivity contribution in [1.29, 1.82) is 0 Å². The number of carbonyl (C=O) groups excluding carboxylic acids is 2. The van der Waals surface area contributed by atoms with Gasteiger partial charge in [-0.3, -0.25) is 9.69 Å². The first-order valence-corrected chi connectivity index (χ1v) is 9.20. The van der Waals surface area contributed by atoms with E-state index in [2.05, 4.69) is 10.2 Å². The predicted molar refractivity (Wildman–Crippen MR) is 95.5 cm³/mol. The zero-order valence-electron chi connectivity index (χ0n) is 15.4. The Hall–Kier alpha value is -2.06. The summed E-state index contributed by atoms with van der Waals surface area (Å²) in [6.45, 7) is 6.27. The molecule has 0 saturated carbocycles. The van der Waals surface area contributed by atoms with E-state index in [0.29, 0.717) is 45.8 Å². The van der Waals surface area contributed by atoms with Crippen molar-refractivity contribution < 1.29 is 18.7 Å². The van der Waals surface area contributed by atoms with Crippen molar-refractivity contribution in [3.8, 4) is 0 Å². The lowest BCUT2D eigenvalue weighted by Crippen LogP contribution is -2.52. The standard InChI is InChI=1S/C18H28N4O4/c1-25-10-8-22-13-15(11-17(22)23)12-19-18(24)21-6-4-20(5-7-21)14-16-3-2-9-26-16/h2-3,9,15H,4-8,10-14H2,1H3,(H,19,24)/t15-/m0/s1. The molecule has 0 aromatic carbocycles. The summed E-state index contributed by atoms with van der Waals surface area (Å²) in [5.74, 6) is 1.28. The molecule has 1 N–H and O–H groups in total. The summed E-state index contributed by atoms with van der Waals surface area (Å²) in [6.07, 6.45) is 2.18. The second-order valence-corrected chi connectivity index (χ2v) is 6.93. The topological polar surface area (TPSA) is 78.3 Å². The molecule has 144 valence electrons. The number of piperazine rings is 1. The molecular formula is C18H28N4O4. The molecule has 2 saturated heterocycles. The zero-order valence-corrected chi connectivity index (χ0v) is 15.4. The number of ether oxygens (including phenoxy) is 1. The third kappa shape index (κ3) is 4.98. The highest BCUT2D eigenvalue weighted by molar-refractivity contribution is 5.79. The quantitative estimate of drug-likeness (QED) is 0.767. The smallest absolute Gasteiger partial charge is 0.317 e.